The summed E-state index contributed by atoms with van der Waals surface area (Å²) in [6, 6.07) is 21.8. The molecule has 0 unspecified atom stereocenters. The topological polar surface area (TPSA) is 70.7 Å². The summed E-state index contributed by atoms with van der Waals surface area (Å²) >= 11 is 6.19. The fraction of sp³-hybridized carbons (Fsp3) is 0.0417. The molecule has 33 heavy (non-hydrogen) atoms. The van der Waals surface area contributed by atoms with Gasteiger partial charge in [-0.3, -0.25) is 4.79 Å². The van der Waals surface area contributed by atoms with E-state index in [1.54, 1.807) is 48.5 Å². The van der Waals surface area contributed by atoms with E-state index >= 15 is 0 Å². The van der Waals surface area contributed by atoms with Gasteiger partial charge < -0.3 is 5.32 Å². The number of alkyl halides is 3. The molecule has 3 aromatic carbocycles. The molecule has 0 bridgehead atoms. The lowest BCUT2D eigenvalue weighted by molar-refractivity contribution is -0.141. The number of carbonyl (C=O) groups is 1. The number of amides is 1. The van der Waals surface area contributed by atoms with Gasteiger partial charge in [-0.05, 0) is 54.6 Å². The zero-order chi connectivity index (χ0) is 23.6. The predicted octanol–water partition coefficient (Wildman–Crippen LogP) is 6.58. The van der Waals surface area contributed by atoms with E-state index in [-0.39, 0.29) is 12.1 Å². The molecule has 0 saturated carbocycles. The summed E-state index contributed by atoms with van der Waals surface area (Å²) in [5, 5.41) is 15.5. The van der Waals surface area contributed by atoms with E-state index < -0.39 is 17.8 Å². The van der Waals surface area contributed by atoms with Gasteiger partial charge in [0.1, 0.15) is 0 Å². The van der Waals surface area contributed by atoms with Crippen LogP contribution in [0.25, 0.3) is 16.9 Å². The molecular weight excluding hydrogens is 453 g/mol. The van der Waals surface area contributed by atoms with Crippen LogP contribution in [0.4, 0.5) is 18.9 Å². The van der Waals surface area contributed by atoms with Crippen LogP contribution in [-0.4, -0.2) is 15.7 Å². The van der Waals surface area contributed by atoms with Crippen LogP contribution in [0, 0.1) is 11.3 Å². The van der Waals surface area contributed by atoms with Crippen molar-refractivity contribution in [3.8, 4) is 23.0 Å². The Morgan fingerprint density at radius 3 is 2.30 bits per heavy atom. The van der Waals surface area contributed by atoms with E-state index in [4.69, 9.17) is 16.9 Å². The molecule has 0 spiro atoms. The minimum Gasteiger partial charge on any atom is -0.322 e. The van der Waals surface area contributed by atoms with E-state index in [0.29, 0.717) is 28.1 Å². The maximum Gasteiger partial charge on any atom is 0.435 e. The Morgan fingerprint density at radius 1 is 1.03 bits per heavy atom. The average Bonchev–Trinajstić information content (AvgIpc) is 3.26. The van der Waals surface area contributed by atoms with Gasteiger partial charge in [0.2, 0.25) is 0 Å². The highest BCUT2D eigenvalue weighted by atomic mass is 35.5. The van der Waals surface area contributed by atoms with E-state index in [1.807, 2.05) is 6.07 Å². The second-order valence-electron chi connectivity index (χ2n) is 7.00. The average molecular weight is 469 g/mol. The number of para-hydroxylation sites is 1. The number of nitrogens with one attached hydrogen (secondary N) is 1. The predicted molar refractivity (Wildman–Crippen MR) is 120 cm³/mol. The summed E-state index contributed by atoms with van der Waals surface area (Å²) in [7, 11) is 0. The molecule has 0 fully saturated rings. The highest BCUT2D eigenvalue weighted by molar-refractivity contribution is 6.32. The highest BCUT2D eigenvalue weighted by Gasteiger charge is 2.35. The highest BCUT2D eigenvalue weighted by Crippen LogP contribution is 2.34. The van der Waals surface area contributed by atoms with Crippen molar-refractivity contribution in [2.45, 2.75) is 6.18 Å². The van der Waals surface area contributed by atoms with E-state index in [1.165, 1.54) is 24.3 Å². The third-order valence-electron chi connectivity index (χ3n) is 4.80. The standard InChI is InChI=1S/C24H14ClF3N4O.H2/c25-19-3-1-2-4-20(19)32-21(13-22(31-32)24(26,27)28)16-7-9-17(10-8-16)23(33)30-18-11-5-15(14-29)6-12-18;/h1-13H,(H,30,33);1H. The molecule has 0 aliphatic rings. The van der Waals surface area contributed by atoms with Crippen LogP contribution in [0.2, 0.25) is 5.02 Å². The summed E-state index contributed by atoms with van der Waals surface area (Å²) < 4.78 is 41.2. The van der Waals surface area contributed by atoms with Gasteiger partial charge in [-0.25, -0.2) is 4.68 Å². The fourth-order valence-electron chi connectivity index (χ4n) is 3.16. The number of hydrogen-bond acceptors (Lipinski definition) is 3. The SMILES string of the molecule is N#Cc1ccc(NC(=O)c2ccc(-c3cc(C(F)(F)F)nn3-c3ccccc3Cl)cc2)cc1.[HH]. The zero-order valence-corrected chi connectivity index (χ0v) is 17.5. The van der Waals surface area contributed by atoms with Gasteiger partial charge in [-0.15, -0.1) is 0 Å². The molecule has 0 aliphatic heterocycles. The number of aromatic nitrogens is 2. The fourth-order valence-corrected chi connectivity index (χ4v) is 3.37. The normalized spacial score (nSPS) is 11.1. The van der Waals surface area contributed by atoms with Crippen LogP contribution in [0.1, 0.15) is 23.0 Å². The number of anilines is 1. The first-order valence-electron chi connectivity index (χ1n) is 9.60. The van der Waals surface area contributed by atoms with Gasteiger partial charge in [0.05, 0.1) is 28.0 Å². The van der Waals surface area contributed by atoms with Crippen LogP contribution in [0.5, 0.6) is 0 Å². The quantitative estimate of drug-likeness (QED) is 0.367. The van der Waals surface area contributed by atoms with Crippen molar-refractivity contribution in [2.24, 2.45) is 0 Å². The van der Waals surface area contributed by atoms with E-state index in [0.717, 1.165) is 10.7 Å². The van der Waals surface area contributed by atoms with Crippen molar-refractivity contribution in [1.29, 1.82) is 5.26 Å². The van der Waals surface area contributed by atoms with Crippen molar-refractivity contribution < 1.29 is 19.4 Å². The van der Waals surface area contributed by atoms with Crippen LogP contribution in [-0.2, 0) is 6.18 Å². The van der Waals surface area contributed by atoms with E-state index in [9.17, 15) is 18.0 Å². The number of benzene rings is 3. The molecule has 1 aromatic heterocycles. The minimum absolute atomic E-state index is 0. The summed E-state index contributed by atoms with van der Waals surface area (Å²) in [5.74, 6) is -0.401. The summed E-state index contributed by atoms with van der Waals surface area (Å²) in [5.41, 5.74) is 1.12. The number of carbonyl (C=O) groups excluding carboxylic acids is 1. The first-order valence-corrected chi connectivity index (χ1v) is 9.98. The molecule has 1 amide bonds. The molecule has 0 aliphatic carbocycles. The molecule has 9 heteroatoms. The molecular formula is C24H16ClF3N4O. The molecule has 4 aromatic rings. The Kier molecular flexibility index (Phi) is 5.90. The van der Waals surface area contributed by atoms with Gasteiger partial charge >= 0.3 is 6.18 Å². The molecule has 4 rings (SSSR count). The molecule has 5 nitrogen and oxygen atoms in total. The number of halogens is 4. The summed E-state index contributed by atoms with van der Waals surface area (Å²) in [6.07, 6.45) is -4.64. The Morgan fingerprint density at radius 2 is 1.70 bits per heavy atom. The van der Waals surface area contributed by atoms with Gasteiger partial charge in [-0.2, -0.15) is 23.5 Å². The summed E-state index contributed by atoms with van der Waals surface area (Å²) in [4.78, 5) is 12.5. The van der Waals surface area contributed by atoms with Crippen LogP contribution < -0.4 is 5.32 Å². The molecule has 1 N–H and O–H groups in total. The Labute approximate surface area is 193 Å². The lowest BCUT2D eigenvalue weighted by Crippen LogP contribution is -2.11. The molecule has 0 radical (unpaired) electrons. The van der Waals surface area contributed by atoms with Crippen molar-refractivity contribution in [2.75, 3.05) is 5.32 Å². The minimum atomic E-state index is -4.64. The Balaban J connectivity index is 0.00000324. The first kappa shape index (κ1) is 22.1. The van der Waals surface area contributed by atoms with Crippen LogP contribution >= 0.6 is 11.6 Å². The van der Waals surface area contributed by atoms with Crippen LogP contribution in [0.15, 0.2) is 78.9 Å². The number of hydrogen-bond donors (Lipinski definition) is 1. The van der Waals surface area contributed by atoms with Crippen LogP contribution in [0.3, 0.4) is 0 Å². The number of rotatable bonds is 4. The zero-order valence-electron chi connectivity index (χ0n) is 16.8. The maximum atomic E-state index is 13.4. The number of nitrogens with zero attached hydrogens (tertiary/aromatic N) is 3. The van der Waals surface area contributed by atoms with Crippen molar-refractivity contribution >= 4 is 23.2 Å². The maximum absolute atomic E-state index is 13.4. The third-order valence-corrected chi connectivity index (χ3v) is 5.11. The first-order chi connectivity index (χ1) is 15.8. The lowest BCUT2D eigenvalue weighted by atomic mass is 10.1. The van der Waals surface area contributed by atoms with Gasteiger partial charge in [0.25, 0.3) is 5.91 Å². The molecule has 166 valence electrons. The van der Waals surface area contributed by atoms with Crippen molar-refractivity contribution in [3.63, 3.8) is 0 Å². The lowest BCUT2D eigenvalue weighted by Gasteiger charge is -2.10. The Hall–Kier alpha value is -4.09. The second kappa shape index (κ2) is 8.81. The van der Waals surface area contributed by atoms with E-state index in [2.05, 4.69) is 10.4 Å². The third kappa shape index (κ3) is 4.73. The largest absolute Gasteiger partial charge is 0.435 e. The number of nitriles is 1. The molecule has 1 heterocycles. The van der Waals surface area contributed by atoms with Gasteiger partial charge in [0.15, 0.2) is 5.69 Å². The summed E-state index contributed by atoms with van der Waals surface area (Å²) in [6.45, 7) is 0. The monoisotopic (exact) mass is 468 g/mol. The smallest absolute Gasteiger partial charge is 0.322 e. The molecule has 0 saturated heterocycles. The molecule has 0 atom stereocenters. The second-order valence-corrected chi connectivity index (χ2v) is 7.40. The van der Waals surface area contributed by atoms with Gasteiger partial charge in [-0.1, -0.05) is 35.9 Å². The van der Waals surface area contributed by atoms with Crippen molar-refractivity contribution in [3.05, 3.63) is 101 Å². The van der Waals surface area contributed by atoms with Crippen molar-refractivity contribution in [1.82, 2.24) is 9.78 Å². The Bertz CT molecular complexity index is 1360. The van der Waals surface area contributed by atoms with Gasteiger partial charge in [0, 0.05) is 18.2 Å².